The number of carbonyl (C=O) groups excluding carboxylic acids is 2. The smallest absolute Gasteiger partial charge is 0.220 e. The lowest BCUT2D eigenvalue weighted by Gasteiger charge is -2.43. The van der Waals surface area contributed by atoms with E-state index < -0.39 is 8.32 Å². The first-order valence-corrected chi connectivity index (χ1v) is 12.0. The number of rotatable bonds is 5. The molecule has 1 fully saturated rings. The number of aryl methyl sites for hydroxylation is 1. The maximum atomic E-state index is 12.7. The number of carbonyl (C=O) groups is 2. The number of amides is 1. The van der Waals surface area contributed by atoms with Gasteiger partial charge in [-0.3, -0.25) is 9.59 Å². The zero-order valence-corrected chi connectivity index (χ0v) is 17.3. The average molecular weight is 362 g/mol. The van der Waals surface area contributed by atoms with Gasteiger partial charge in [-0.1, -0.05) is 44.5 Å². The third-order valence-corrected chi connectivity index (χ3v) is 9.95. The minimum Gasteiger partial charge on any atom is -0.412 e. The van der Waals surface area contributed by atoms with Crippen LogP contribution in [0.4, 0.5) is 0 Å². The molecule has 1 aromatic carbocycles. The Morgan fingerprint density at radius 2 is 2.00 bits per heavy atom. The summed E-state index contributed by atoms with van der Waals surface area (Å²) in [6, 6.07) is 7.36. The number of hydrogen-bond acceptors (Lipinski definition) is 3. The van der Waals surface area contributed by atoms with Crippen molar-refractivity contribution in [3.05, 3.63) is 35.4 Å². The van der Waals surface area contributed by atoms with Gasteiger partial charge < -0.3 is 9.74 Å². The molecule has 0 spiro atoms. The monoisotopic (exact) mass is 361 g/mol. The van der Waals surface area contributed by atoms with E-state index in [-0.39, 0.29) is 35.3 Å². The number of Topliss-reactive ketones (excluding diaryl/α,β-unsaturated/α-hetero) is 1. The molecular formula is C20H31NO3Si. The zero-order chi connectivity index (χ0) is 18.8. The largest absolute Gasteiger partial charge is 0.412 e. The van der Waals surface area contributed by atoms with Crippen molar-refractivity contribution in [2.24, 2.45) is 0 Å². The van der Waals surface area contributed by atoms with Gasteiger partial charge in [-0.15, -0.1) is 0 Å². The number of piperidine rings is 1. The standard InChI is InChI=1S/C20H31NO3Si/c1-14-8-7-9-15(12-14)17(22)13-16-18(10-11-19(23)21-16)24-25(5,6)20(2,3)4/h7-9,12,16,18H,10-11,13H2,1-6H3,(H,21,23)/t16-,18+/m0/s1. The predicted molar refractivity (Wildman–Crippen MR) is 103 cm³/mol. The maximum Gasteiger partial charge on any atom is 0.220 e. The fourth-order valence-electron chi connectivity index (χ4n) is 2.86. The van der Waals surface area contributed by atoms with Gasteiger partial charge >= 0.3 is 0 Å². The van der Waals surface area contributed by atoms with Crippen molar-refractivity contribution in [1.82, 2.24) is 5.32 Å². The van der Waals surface area contributed by atoms with Crippen molar-refractivity contribution in [3.8, 4) is 0 Å². The molecule has 1 aromatic rings. The van der Waals surface area contributed by atoms with Gasteiger partial charge in [-0.25, -0.2) is 0 Å². The Kier molecular flexibility index (Phi) is 5.89. The highest BCUT2D eigenvalue weighted by molar-refractivity contribution is 6.74. The van der Waals surface area contributed by atoms with Gasteiger partial charge in [-0.2, -0.15) is 0 Å². The number of nitrogens with one attached hydrogen (secondary N) is 1. The Morgan fingerprint density at radius 3 is 2.60 bits per heavy atom. The van der Waals surface area contributed by atoms with Crippen LogP contribution in [0.25, 0.3) is 0 Å². The molecule has 1 aliphatic heterocycles. The fraction of sp³-hybridized carbons (Fsp3) is 0.600. The molecular weight excluding hydrogens is 330 g/mol. The van der Waals surface area contributed by atoms with E-state index in [0.717, 1.165) is 5.56 Å². The summed E-state index contributed by atoms with van der Waals surface area (Å²) in [6.07, 6.45) is 1.35. The molecule has 0 aliphatic carbocycles. The second kappa shape index (κ2) is 7.42. The van der Waals surface area contributed by atoms with Crippen LogP contribution in [-0.4, -0.2) is 32.2 Å². The van der Waals surface area contributed by atoms with E-state index in [2.05, 4.69) is 39.2 Å². The van der Waals surface area contributed by atoms with E-state index in [1.54, 1.807) is 0 Å². The molecule has 2 rings (SSSR count). The maximum absolute atomic E-state index is 12.7. The second-order valence-electron chi connectivity index (χ2n) is 8.63. The topological polar surface area (TPSA) is 55.4 Å². The summed E-state index contributed by atoms with van der Waals surface area (Å²) < 4.78 is 6.54. The fourth-order valence-corrected chi connectivity index (χ4v) is 4.25. The van der Waals surface area contributed by atoms with Gasteiger partial charge in [0.15, 0.2) is 14.1 Å². The van der Waals surface area contributed by atoms with Crippen LogP contribution in [0.1, 0.15) is 56.0 Å². The molecule has 2 atom stereocenters. The van der Waals surface area contributed by atoms with Gasteiger partial charge in [0, 0.05) is 18.4 Å². The van der Waals surface area contributed by atoms with Crippen molar-refractivity contribution < 1.29 is 14.0 Å². The average Bonchev–Trinajstić information content (AvgIpc) is 2.48. The second-order valence-corrected chi connectivity index (χ2v) is 13.4. The summed E-state index contributed by atoms with van der Waals surface area (Å²) in [5.74, 6) is 0.0665. The van der Waals surface area contributed by atoms with Crippen LogP contribution in [0.5, 0.6) is 0 Å². The summed E-state index contributed by atoms with van der Waals surface area (Å²) in [5.41, 5.74) is 1.76. The molecule has 0 bridgehead atoms. The molecule has 0 radical (unpaired) electrons. The van der Waals surface area contributed by atoms with Crippen LogP contribution in [0.3, 0.4) is 0 Å². The number of benzene rings is 1. The molecule has 0 aromatic heterocycles. The van der Waals surface area contributed by atoms with Gasteiger partial charge in [0.05, 0.1) is 12.1 Å². The van der Waals surface area contributed by atoms with E-state index in [4.69, 9.17) is 4.43 Å². The normalized spacial score (nSPS) is 21.8. The molecule has 0 unspecified atom stereocenters. The number of ketones is 1. The SMILES string of the molecule is Cc1cccc(C(=O)C[C@@H]2NC(=O)CC[C@H]2O[Si](C)(C)C(C)(C)C)c1. The van der Waals surface area contributed by atoms with Crippen molar-refractivity contribution in [3.63, 3.8) is 0 Å². The molecule has 25 heavy (non-hydrogen) atoms. The molecule has 1 amide bonds. The van der Waals surface area contributed by atoms with E-state index in [1.165, 1.54) is 0 Å². The molecule has 138 valence electrons. The first kappa shape index (κ1) is 19.9. The summed E-state index contributed by atoms with van der Waals surface area (Å²) in [5, 5.41) is 3.09. The first-order chi connectivity index (χ1) is 11.5. The van der Waals surface area contributed by atoms with E-state index in [9.17, 15) is 9.59 Å². The Bertz CT molecular complexity index is 649. The third-order valence-electron chi connectivity index (χ3n) is 5.45. The van der Waals surface area contributed by atoms with Gasteiger partial charge in [-0.05, 0) is 37.5 Å². The minimum absolute atomic E-state index is 0.0112. The molecule has 1 N–H and O–H groups in total. The Morgan fingerprint density at radius 1 is 1.32 bits per heavy atom. The summed E-state index contributed by atoms with van der Waals surface area (Å²) >= 11 is 0. The summed E-state index contributed by atoms with van der Waals surface area (Å²) in [4.78, 5) is 24.6. The van der Waals surface area contributed by atoms with Crippen LogP contribution < -0.4 is 5.32 Å². The molecule has 1 aliphatic rings. The zero-order valence-electron chi connectivity index (χ0n) is 16.3. The quantitative estimate of drug-likeness (QED) is 0.630. The Balaban J connectivity index is 2.14. The van der Waals surface area contributed by atoms with Gasteiger partial charge in [0.2, 0.25) is 5.91 Å². The summed E-state index contributed by atoms with van der Waals surface area (Å²) in [7, 11) is -1.96. The Hall–Kier alpha value is -1.46. The van der Waals surface area contributed by atoms with E-state index >= 15 is 0 Å². The highest BCUT2D eigenvalue weighted by Gasteiger charge is 2.42. The Labute approximate surface area is 152 Å². The van der Waals surface area contributed by atoms with Crippen LogP contribution >= 0.6 is 0 Å². The lowest BCUT2D eigenvalue weighted by atomic mass is 9.94. The van der Waals surface area contributed by atoms with Crippen LogP contribution in [0, 0.1) is 6.92 Å². The molecule has 1 heterocycles. The van der Waals surface area contributed by atoms with Crippen LogP contribution in [-0.2, 0) is 9.22 Å². The van der Waals surface area contributed by atoms with Crippen molar-refractivity contribution in [2.75, 3.05) is 0 Å². The lowest BCUT2D eigenvalue weighted by Crippen LogP contribution is -2.55. The van der Waals surface area contributed by atoms with Crippen molar-refractivity contribution >= 4 is 20.0 Å². The molecule has 4 nitrogen and oxygen atoms in total. The first-order valence-electron chi connectivity index (χ1n) is 9.07. The number of hydrogen-bond donors (Lipinski definition) is 1. The van der Waals surface area contributed by atoms with Crippen molar-refractivity contribution in [1.29, 1.82) is 0 Å². The van der Waals surface area contributed by atoms with Gasteiger partial charge in [0.25, 0.3) is 0 Å². The lowest BCUT2D eigenvalue weighted by molar-refractivity contribution is -0.125. The highest BCUT2D eigenvalue weighted by atomic mass is 28.4. The van der Waals surface area contributed by atoms with Crippen LogP contribution in [0.15, 0.2) is 24.3 Å². The summed E-state index contributed by atoms with van der Waals surface area (Å²) in [6.45, 7) is 13.0. The van der Waals surface area contributed by atoms with Crippen LogP contribution in [0.2, 0.25) is 18.1 Å². The van der Waals surface area contributed by atoms with Gasteiger partial charge in [0.1, 0.15) is 0 Å². The molecule has 0 saturated carbocycles. The third kappa shape index (κ3) is 5.01. The highest BCUT2D eigenvalue weighted by Crippen LogP contribution is 2.38. The van der Waals surface area contributed by atoms with E-state index in [1.807, 2.05) is 31.2 Å². The predicted octanol–water partition coefficient (Wildman–Crippen LogP) is 4.24. The van der Waals surface area contributed by atoms with Crippen molar-refractivity contribution in [2.45, 2.75) is 77.2 Å². The minimum atomic E-state index is -1.96. The molecule has 5 heteroatoms. The van der Waals surface area contributed by atoms with E-state index in [0.29, 0.717) is 18.4 Å². The molecule has 1 saturated heterocycles.